The van der Waals surface area contributed by atoms with Gasteiger partial charge in [-0.25, -0.2) is 0 Å². The highest BCUT2D eigenvalue weighted by atomic mass is 19.4. The van der Waals surface area contributed by atoms with E-state index in [1.165, 1.54) is 0 Å². The Hall–Kier alpha value is -1.97. The maximum Gasteiger partial charge on any atom is 0.446 e. The number of aldehydes is 1. The number of nitrogens with zero attached hydrogens (tertiary/aromatic N) is 2. The average molecular weight is 324 g/mol. The van der Waals surface area contributed by atoms with Crippen LogP contribution in [0.1, 0.15) is 32.5 Å². The lowest BCUT2D eigenvalue weighted by Gasteiger charge is -2.25. The van der Waals surface area contributed by atoms with E-state index in [0.29, 0.717) is 11.7 Å². The summed E-state index contributed by atoms with van der Waals surface area (Å²) in [6.07, 6.45) is -5.70. The molecule has 0 spiro atoms. The summed E-state index contributed by atoms with van der Waals surface area (Å²) in [5, 5.41) is 6.34. The SMILES string of the molecule is Cc1nc(CNC(=O)[C@@H](N)C(C)(C)C)no1.O=CC(F)(F)F. The lowest BCUT2D eigenvalue weighted by Crippen LogP contribution is -2.48. The molecule has 0 saturated heterocycles. The molecule has 126 valence electrons. The summed E-state index contributed by atoms with van der Waals surface area (Å²) in [4.78, 5) is 24.3. The molecule has 1 aromatic rings. The van der Waals surface area contributed by atoms with Crippen molar-refractivity contribution in [3.8, 4) is 0 Å². The second kappa shape index (κ2) is 7.87. The number of rotatable bonds is 3. The number of halogens is 3. The first-order valence-corrected chi connectivity index (χ1v) is 6.22. The minimum atomic E-state index is -4.64. The summed E-state index contributed by atoms with van der Waals surface area (Å²) in [7, 11) is 0. The third-order valence-electron chi connectivity index (χ3n) is 2.34. The van der Waals surface area contributed by atoms with Crippen LogP contribution in [-0.2, 0) is 16.1 Å². The predicted octanol–water partition coefficient (Wildman–Crippen LogP) is 1.12. The summed E-state index contributed by atoms with van der Waals surface area (Å²) in [6, 6.07) is -0.555. The molecule has 1 rings (SSSR count). The number of nitrogens with two attached hydrogens (primary N) is 1. The van der Waals surface area contributed by atoms with Gasteiger partial charge in [-0.1, -0.05) is 25.9 Å². The molecular weight excluding hydrogens is 305 g/mol. The minimum absolute atomic E-state index is 0.213. The van der Waals surface area contributed by atoms with Gasteiger partial charge >= 0.3 is 6.18 Å². The number of amides is 1. The predicted molar refractivity (Wildman–Crippen MR) is 70.4 cm³/mol. The third-order valence-corrected chi connectivity index (χ3v) is 2.34. The van der Waals surface area contributed by atoms with Crippen LogP contribution in [0.4, 0.5) is 13.2 Å². The molecule has 0 aliphatic heterocycles. The molecule has 22 heavy (non-hydrogen) atoms. The zero-order chi connectivity index (χ0) is 17.6. The Morgan fingerprint density at radius 1 is 1.41 bits per heavy atom. The fraction of sp³-hybridized carbons (Fsp3) is 0.667. The topological polar surface area (TPSA) is 111 Å². The number of hydrogen-bond acceptors (Lipinski definition) is 6. The van der Waals surface area contributed by atoms with Gasteiger partial charge in [-0.05, 0) is 5.41 Å². The van der Waals surface area contributed by atoms with Crippen LogP contribution in [-0.4, -0.2) is 34.6 Å². The van der Waals surface area contributed by atoms with Crippen molar-refractivity contribution in [2.45, 2.75) is 46.5 Å². The lowest BCUT2D eigenvalue weighted by molar-refractivity contribution is -0.156. The summed E-state index contributed by atoms with van der Waals surface area (Å²) >= 11 is 0. The lowest BCUT2D eigenvalue weighted by atomic mass is 9.87. The van der Waals surface area contributed by atoms with E-state index < -0.39 is 18.5 Å². The largest absolute Gasteiger partial charge is 0.446 e. The van der Waals surface area contributed by atoms with E-state index in [1.807, 2.05) is 20.8 Å². The van der Waals surface area contributed by atoms with Gasteiger partial charge in [0.15, 0.2) is 5.82 Å². The highest BCUT2D eigenvalue weighted by Gasteiger charge is 2.27. The zero-order valence-electron chi connectivity index (χ0n) is 12.7. The molecule has 1 heterocycles. The summed E-state index contributed by atoms with van der Waals surface area (Å²) in [5.74, 6) is 0.714. The number of carbonyl (C=O) groups excluding carboxylic acids is 2. The minimum Gasteiger partial charge on any atom is -0.347 e. The molecule has 1 atom stereocenters. The third kappa shape index (κ3) is 8.35. The number of alkyl halides is 3. The fourth-order valence-corrected chi connectivity index (χ4v) is 1.08. The maximum absolute atomic E-state index is 11.6. The van der Waals surface area contributed by atoms with E-state index in [4.69, 9.17) is 15.1 Å². The van der Waals surface area contributed by atoms with E-state index in [2.05, 4.69) is 15.5 Å². The fourth-order valence-electron chi connectivity index (χ4n) is 1.08. The van der Waals surface area contributed by atoms with Gasteiger partial charge in [0.25, 0.3) is 0 Å². The smallest absolute Gasteiger partial charge is 0.347 e. The molecular formula is C12H19F3N4O3. The van der Waals surface area contributed by atoms with Crippen LogP contribution in [0.25, 0.3) is 0 Å². The number of aromatic nitrogens is 2. The van der Waals surface area contributed by atoms with Crippen LogP contribution < -0.4 is 11.1 Å². The van der Waals surface area contributed by atoms with Crippen LogP contribution in [0.2, 0.25) is 0 Å². The molecule has 0 bridgehead atoms. The van der Waals surface area contributed by atoms with Crippen LogP contribution in [0.3, 0.4) is 0 Å². The molecule has 1 amide bonds. The van der Waals surface area contributed by atoms with E-state index in [1.54, 1.807) is 6.92 Å². The molecule has 0 aromatic carbocycles. The summed E-state index contributed by atoms with van der Waals surface area (Å²) < 4.78 is 36.0. The van der Waals surface area contributed by atoms with Crippen molar-refractivity contribution in [2.24, 2.45) is 11.1 Å². The van der Waals surface area contributed by atoms with Crippen molar-refractivity contribution in [3.63, 3.8) is 0 Å². The first-order chi connectivity index (χ1) is 9.86. The van der Waals surface area contributed by atoms with Gasteiger partial charge in [0.1, 0.15) is 0 Å². The standard InChI is InChI=1S/C10H18N4O2.C2HF3O/c1-6-13-7(14-16-6)5-12-9(15)8(11)10(2,3)4;3-2(4,5)1-6/h8H,5,11H2,1-4H3,(H,12,15);1H/t8-;/m1./s1. The Morgan fingerprint density at radius 3 is 2.23 bits per heavy atom. The number of carbonyl (C=O) groups is 2. The second-order valence-electron chi connectivity index (χ2n) is 5.45. The van der Waals surface area contributed by atoms with Gasteiger partial charge in [0.05, 0.1) is 12.6 Å². The average Bonchev–Trinajstić information content (AvgIpc) is 2.79. The Morgan fingerprint density at radius 2 is 1.91 bits per heavy atom. The Kier molecular flexibility index (Phi) is 7.17. The second-order valence-corrected chi connectivity index (χ2v) is 5.45. The Bertz CT molecular complexity index is 495. The molecule has 0 fully saturated rings. The van der Waals surface area contributed by atoms with Crippen molar-refractivity contribution >= 4 is 12.2 Å². The molecule has 1 aromatic heterocycles. The van der Waals surface area contributed by atoms with Crippen molar-refractivity contribution in [1.29, 1.82) is 0 Å². The molecule has 0 radical (unpaired) electrons. The van der Waals surface area contributed by atoms with E-state index in [-0.39, 0.29) is 17.9 Å². The summed E-state index contributed by atoms with van der Waals surface area (Å²) in [6.45, 7) is 7.67. The van der Waals surface area contributed by atoms with Gasteiger partial charge in [-0.15, -0.1) is 0 Å². The molecule has 0 unspecified atom stereocenters. The van der Waals surface area contributed by atoms with Crippen molar-refractivity contribution in [3.05, 3.63) is 11.7 Å². The van der Waals surface area contributed by atoms with Gasteiger partial charge in [0.2, 0.25) is 18.1 Å². The van der Waals surface area contributed by atoms with Gasteiger partial charge in [-0.3, -0.25) is 9.59 Å². The molecule has 7 nitrogen and oxygen atoms in total. The highest BCUT2D eigenvalue weighted by molar-refractivity contribution is 5.82. The van der Waals surface area contributed by atoms with Crippen LogP contribution in [0.15, 0.2) is 4.52 Å². The van der Waals surface area contributed by atoms with E-state index >= 15 is 0 Å². The van der Waals surface area contributed by atoms with Crippen LogP contribution >= 0.6 is 0 Å². The van der Waals surface area contributed by atoms with E-state index in [9.17, 15) is 18.0 Å². The normalized spacial score (nSPS) is 12.9. The van der Waals surface area contributed by atoms with Crippen molar-refractivity contribution in [2.75, 3.05) is 0 Å². The van der Waals surface area contributed by atoms with Gasteiger partial charge in [-0.2, -0.15) is 18.2 Å². The molecule has 3 N–H and O–H groups in total. The summed E-state index contributed by atoms with van der Waals surface area (Å²) in [5.41, 5.74) is 5.52. The van der Waals surface area contributed by atoms with Crippen LogP contribution in [0, 0.1) is 12.3 Å². The maximum atomic E-state index is 11.6. The first-order valence-electron chi connectivity index (χ1n) is 6.22. The zero-order valence-corrected chi connectivity index (χ0v) is 12.7. The van der Waals surface area contributed by atoms with Crippen LogP contribution in [0.5, 0.6) is 0 Å². The van der Waals surface area contributed by atoms with Crippen molar-refractivity contribution in [1.82, 2.24) is 15.5 Å². The molecule has 0 aliphatic rings. The molecule has 10 heteroatoms. The van der Waals surface area contributed by atoms with Gasteiger partial charge in [0, 0.05) is 6.92 Å². The number of nitrogens with one attached hydrogen (secondary N) is 1. The molecule has 0 saturated carbocycles. The quantitative estimate of drug-likeness (QED) is 0.806. The van der Waals surface area contributed by atoms with E-state index in [0.717, 1.165) is 0 Å². The van der Waals surface area contributed by atoms with Crippen molar-refractivity contribution < 1.29 is 27.3 Å². The first kappa shape index (κ1) is 20.0. The number of aryl methyl sites for hydroxylation is 1. The Balaban J connectivity index is 0.000000626. The highest BCUT2D eigenvalue weighted by Crippen LogP contribution is 2.17. The monoisotopic (exact) mass is 324 g/mol. The van der Waals surface area contributed by atoms with Gasteiger partial charge < -0.3 is 15.6 Å². The molecule has 0 aliphatic carbocycles. The Labute approximate surface area is 125 Å². The number of hydrogen-bond donors (Lipinski definition) is 2.